The summed E-state index contributed by atoms with van der Waals surface area (Å²) >= 11 is 11.5. The smallest absolute Gasteiger partial charge is 0.367 e. The molecule has 0 unspecified atom stereocenters. The summed E-state index contributed by atoms with van der Waals surface area (Å²) < 4.78 is 0. The lowest BCUT2D eigenvalue weighted by molar-refractivity contribution is -0.141. The first-order valence-electron chi connectivity index (χ1n) is 3.86. The van der Waals surface area contributed by atoms with Crippen molar-refractivity contribution >= 4 is 52.2 Å². The zero-order valence-electron chi connectivity index (χ0n) is 7.59. The minimum absolute atomic E-state index is 0.362. The van der Waals surface area contributed by atoms with E-state index in [1.807, 2.05) is 0 Å². The van der Waals surface area contributed by atoms with Crippen LogP contribution in [0, 0.1) is 0 Å². The Balaban J connectivity index is 2.84. The predicted octanol–water partition coefficient (Wildman–Crippen LogP) is 1.88. The fourth-order valence-electron chi connectivity index (χ4n) is 0.733. The highest BCUT2D eigenvalue weighted by Gasteiger charge is 2.18. The highest BCUT2D eigenvalue weighted by molar-refractivity contribution is 7.13. The van der Waals surface area contributed by atoms with Crippen LogP contribution in [-0.2, 0) is 14.4 Å². The van der Waals surface area contributed by atoms with Crippen LogP contribution < -0.4 is 0 Å². The molecular formula is C8H5Cl2NO4S. The molecule has 0 saturated carbocycles. The van der Waals surface area contributed by atoms with Gasteiger partial charge < -0.3 is 9.94 Å². The summed E-state index contributed by atoms with van der Waals surface area (Å²) in [7, 11) is 0. The van der Waals surface area contributed by atoms with Crippen LogP contribution in [0.25, 0.3) is 0 Å². The maximum absolute atomic E-state index is 10.9. The van der Waals surface area contributed by atoms with Crippen LogP contribution in [0.3, 0.4) is 0 Å². The number of carboxylic acid groups (broad SMARTS) is 1. The molecule has 1 heterocycles. The fourth-order valence-corrected chi connectivity index (χ4v) is 1.51. The fraction of sp³-hybridized carbons (Fsp3) is 0.125. The van der Waals surface area contributed by atoms with Gasteiger partial charge in [-0.05, 0) is 11.4 Å². The van der Waals surface area contributed by atoms with Gasteiger partial charge in [0.25, 0.3) is 0 Å². The summed E-state index contributed by atoms with van der Waals surface area (Å²) in [5.74, 6) is -2.34. The Morgan fingerprint density at radius 2 is 2.19 bits per heavy atom. The standard InChI is InChI=1S/C8H5Cl2NO4S/c9-6(10)8(14)15-11-5(7(12)13)4-2-1-3-16-4/h1-3,6H,(H,12,13)/b11-5+. The number of rotatable bonds is 4. The van der Waals surface area contributed by atoms with E-state index in [-0.39, 0.29) is 5.71 Å². The maximum atomic E-state index is 10.9. The van der Waals surface area contributed by atoms with Gasteiger partial charge in [0.15, 0.2) is 0 Å². The second kappa shape index (κ2) is 5.83. The zero-order chi connectivity index (χ0) is 12.1. The molecule has 0 aliphatic carbocycles. The quantitative estimate of drug-likeness (QED) is 0.396. The second-order valence-electron chi connectivity index (χ2n) is 2.43. The number of nitrogens with zero attached hydrogens (tertiary/aromatic N) is 1. The van der Waals surface area contributed by atoms with Crippen molar-refractivity contribution in [1.29, 1.82) is 0 Å². The molecule has 0 aromatic carbocycles. The van der Waals surface area contributed by atoms with Crippen LogP contribution >= 0.6 is 34.5 Å². The minimum atomic E-state index is -1.40. The van der Waals surface area contributed by atoms with Crippen molar-refractivity contribution in [2.75, 3.05) is 0 Å². The first kappa shape index (κ1) is 13.0. The number of aliphatic carboxylic acids is 1. The molecule has 16 heavy (non-hydrogen) atoms. The average Bonchev–Trinajstić information content (AvgIpc) is 2.70. The number of halogens is 2. The molecule has 1 rings (SSSR count). The Morgan fingerprint density at radius 3 is 2.62 bits per heavy atom. The molecule has 0 fully saturated rings. The maximum Gasteiger partial charge on any atom is 0.367 e. The van der Waals surface area contributed by atoms with Crippen LogP contribution in [0.1, 0.15) is 4.88 Å². The third kappa shape index (κ3) is 3.48. The van der Waals surface area contributed by atoms with Crippen LogP contribution in [-0.4, -0.2) is 27.6 Å². The molecule has 8 heteroatoms. The van der Waals surface area contributed by atoms with E-state index >= 15 is 0 Å². The third-order valence-corrected chi connectivity index (χ3v) is 2.60. The Bertz CT molecular complexity index is 416. The second-order valence-corrected chi connectivity index (χ2v) is 4.48. The lowest BCUT2D eigenvalue weighted by Crippen LogP contribution is -2.16. The Labute approximate surface area is 104 Å². The van der Waals surface area contributed by atoms with Crippen molar-refractivity contribution in [3.05, 3.63) is 22.4 Å². The molecule has 1 N–H and O–H groups in total. The molecule has 0 aliphatic heterocycles. The van der Waals surface area contributed by atoms with Gasteiger partial charge in [0.05, 0.1) is 4.88 Å². The summed E-state index contributed by atoms with van der Waals surface area (Å²) in [6.07, 6.45) is 0. The molecule has 0 spiro atoms. The number of hydrogen-bond donors (Lipinski definition) is 1. The predicted molar refractivity (Wildman–Crippen MR) is 60.1 cm³/mol. The summed E-state index contributed by atoms with van der Waals surface area (Å²) in [4.78, 5) is 24.9. The summed E-state index contributed by atoms with van der Waals surface area (Å²) in [6.45, 7) is 0. The van der Waals surface area contributed by atoms with Crippen molar-refractivity contribution in [1.82, 2.24) is 0 Å². The first-order valence-corrected chi connectivity index (χ1v) is 5.61. The van der Waals surface area contributed by atoms with Gasteiger partial charge in [-0.25, -0.2) is 9.59 Å². The SMILES string of the molecule is O=C(O)/C(=N/OC(=O)C(Cl)Cl)c1cccs1. The lowest BCUT2D eigenvalue weighted by Gasteiger charge is -1.99. The van der Waals surface area contributed by atoms with Gasteiger partial charge in [-0.15, -0.1) is 11.3 Å². The van der Waals surface area contributed by atoms with Crippen LogP contribution in [0.15, 0.2) is 22.7 Å². The van der Waals surface area contributed by atoms with Crippen LogP contribution in [0.5, 0.6) is 0 Å². The summed E-state index contributed by atoms with van der Waals surface area (Å²) in [6, 6.07) is 3.18. The van der Waals surface area contributed by atoms with Gasteiger partial charge >= 0.3 is 11.9 Å². The van der Waals surface area contributed by atoms with Crippen molar-refractivity contribution in [3.63, 3.8) is 0 Å². The largest absolute Gasteiger partial charge is 0.476 e. The minimum Gasteiger partial charge on any atom is -0.476 e. The molecule has 1 aromatic rings. The van der Waals surface area contributed by atoms with E-state index in [0.29, 0.717) is 4.88 Å². The van der Waals surface area contributed by atoms with Crippen LogP contribution in [0.4, 0.5) is 0 Å². The van der Waals surface area contributed by atoms with Crippen LogP contribution in [0.2, 0.25) is 0 Å². The number of oxime groups is 1. The van der Waals surface area contributed by atoms with Crippen molar-refractivity contribution in [2.45, 2.75) is 4.84 Å². The van der Waals surface area contributed by atoms with E-state index < -0.39 is 16.8 Å². The van der Waals surface area contributed by atoms with E-state index in [0.717, 1.165) is 11.3 Å². The molecule has 0 saturated heterocycles. The average molecular weight is 282 g/mol. The molecule has 0 amide bonds. The highest BCUT2D eigenvalue weighted by atomic mass is 35.5. The molecule has 5 nitrogen and oxygen atoms in total. The van der Waals surface area contributed by atoms with Gasteiger partial charge in [-0.3, -0.25) is 0 Å². The Morgan fingerprint density at radius 1 is 1.50 bits per heavy atom. The van der Waals surface area contributed by atoms with Gasteiger partial charge in [-0.1, -0.05) is 34.4 Å². The number of carboxylic acids is 1. The molecule has 0 aliphatic rings. The molecule has 86 valence electrons. The Hall–Kier alpha value is -1.11. The van der Waals surface area contributed by atoms with Gasteiger partial charge in [0.1, 0.15) is 0 Å². The topological polar surface area (TPSA) is 76.0 Å². The number of carbonyl (C=O) groups excluding carboxylic acids is 1. The van der Waals surface area contributed by atoms with E-state index in [1.165, 1.54) is 6.07 Å². The molecule has 0 bridgehead atoms. The van der Waals surface area contributed by atoms with E-state index in [9.17, 15) is 9.59 Å². The number of thiophene rings is 1. The first-order chi connectivity index (χ1) is 7.52. The van der Waals surface area contributed by atoms with E-state index in [2.05, 4.69) is 9.99 Å². The highest BCUT2D eigenvalue weighted by Crippen LogP contribution is 2.11. The van der Waals surface area contributed by atoms with Gasteiger partial charge in [0.2, 0.25) is 10.5 Å². The molecule has 0 radical (unpaired) electrons. The normalized spacial score (nSPS) is 11.6. The van der Waals surface area contributed by atoms with Gasteiger partial charge in [0, 0.05) is 0 Å². The summed E-state index contributed by atoms with van der Waals surface area (Å²) in [5, 5.41) is 13.7. The molecule has 0 atom stereocenters. The number of hydrogen-bond acceptors (Lipinski definition) is 5. The van der Waals surface area contributed by atoms with E-state index in [4.69, 9.17) is 28.3 Å². The van der Waals surface area contributed by atoms with Crippen molar-refractivity contribution in [2.24, 2.45) is 5.16 Å². The monoisotopic (exact) mass is 281 g/mol. The third-order valence-electron chi connectivity index (χ3n) is 1.36. The molecule has 1 aromatic heterocycles. The lowest BCUT2D eigenvalue weighted by atomic mass is 10.3. The zero-order valence-corrected chi connectivity index (χ0v) is 9.92. The van der Waals surface area contributed by atoms with Gasteiger partial charge in [-0.2, -0.15) is 0 Å². The van der Waals surface area contributed by atoms with Crippen molar-refractivity contribution < 1.29 is 19.5 Å². The Kier molecular flexibility index (Phi) is 4.72. The summed E-state index contributed by atoms with van der Waals surface area (Å²) in [5.41, 5.74) is -0.377. The van der Waals surface area contributed by atoms with Crippen molar-refractivity contribution in [3.8, 4) is 0 Å². The number of alkyl halides is 2. The molecular weight excluding hydrogens is 277 g/mol. The van der Waals surface area contributed by atoms with E-state index in [1.54, 1.807) is 11.4 Å². The number of carbonyl (C=O) groups is 2.